The topological polar surface area (TPSA) is 58.7 Å². The molecule has 2 aromatic rings. The smallest absolute Gasteiger partial charge is 0.408 e. The van der Waals surface area contributed by atoms with E-state index in [1.807, 2.05) is 4.90 Å². The lowest BCUT2D eigenvalue weighted by atomic mass is 9.94. The van der Waals surface area contributed by atoms with E-state index in [1.54, 1.807) is 25.2 Å². The molecular formula is C20H27N3O3. The van der Waals surface area contributed by atoms with Gasteiger partial charge in [0.1, 0.15) is 0 Å². The van der Waals surface area contributed by atoms with Gasteiger partial charge in [-0.25, -0.2) is 4.79 Å². The van der Waals surface area contributed by atoms with Crippen molar-refractivity contribution in [2.24, 2.45) is 7.05 Å². The first kappa shape index (κ1) is 17.3. The van der Waals surface area contributed by atoms with Crippen LogP contribution in [0.3, 0.4) is 0 Å². The van der Waals surface area contributed by atoms with Gasteiger partial charge in [-0.3, -0.25) is 14.3 Å². The minimum absolute atomic E-state index is 0.0473. The second-order valence-electron chi connectivity index (χ2n) is 7.58. The highest BCUT2D eigenvalue weighted by atomic mass is 16.4. The third-order valence-corrected chi connectivity index (χ3v) is 5.95. The molecule has 4 rings (SSSR count). The first-order valence-electron chi connectivity index (χ1n) is 9.76. The number of nitrogens with zero attached hydrogens (tertiary/aromatic N) is 3. The van der Waals surface area contributed by atoms with Gasteiger partial charge in [-0.15, -0.1) is 0 Å². The second-order valence-corrected chi connectivity index (χ2v) is 7.58. The number of aryl methyl sites for hydroxylation is 1. The Morgan fingerprint density at radius 2 is 1.85 bits per heavy atom. The molecule has 0 bridgehead atoms. The SMILES string of the molecule is Cn1c(=O)oc2ccc(C(=O)N3CCCN(C4CCCCC4)CC3)cc21. The van der Waals surface area contributed by atoms with Crippen molar-refractivity contribution in [1.29, 1.82) is 0 Å². The monoisotopic (exact) mass is 357 g/mol. The predicted molar refractivity (Wildman–Crippen MR) is 100 cm³/mol. The summed E-state index contributed by atoms with van der Waals surface area (Å²) in [6, 6.07) is 5.95. The quantitative estimate of drug-likeness (QED) is 0.829. The van der Waals surface area contributed by atoms with Gasteiger partial charge >= 0.3 is 5.76 Å². The van der Waals surface area contributed by atoms with Gasteiger partial charge in [-0.1, -0.05) is 19.3 Å². The molecule has 2 heterocycles. The Bertz CT molecular complexity index is 848. The average molecular weight is 357 g/mol. The molecule has 0 atom stereocenters. The summed E-state index contributed by atoms with van der Waals surface area (Å²) >= 11 is 0. The molecule has 2 aliphatic rings. The van der Waals surface area contributed by atoms with Gasteiger partial charge in [0.15, 0.2) is 5.58 Å². The first-order valence-corrected chi connectivity index (χ1v) is 9.76. The summed E-state index contributed by atoms with van der Waals surface area (Å²) in [5, 5.41) is 0. The van der Waals surface area contributed by atoms with E-state index in [4.69, 9.17) is 4.42 Å². The van der Waals surface area contributed by atoms with Crippen LogP contribution in [0.1, 0.15) is 48.9 Å². The molecule has 0 radical (unpaired) electrons. The maximum Gasteiger partial charge on any atom is 0.419 e. The normalized spacial score (nSPS) is 20.4. The molecule has 140 valence electrons. The van der Waals surface area contributed by atoms with Gasteiger partial charge in [0.25, 0.3) is 5.91 Å². The fraction of sp³-hybridized carbons (Fsp3) is 0.600. The fourth-order valence-electron chi connectivity index (χ4n) is 4.39. The molecule has 1 aromatic carbocycles. The Labute approximate surface area is 153 Å². The Morgan fingerprint density at radius 1 is 1.04 bits per heavy atom. The van der Waals surface area contributed by atoms with E-state index in [2.05, 4.69) is 4.90 Å². The number of carbonyl (C=O) groups excluding carboxylic acids is 1. The summed E-state index contributed by atoms with van der Waals surface area (Å²) in [7, 11) is 1.66. The molecule has 2 fully saturated rings. The van der Waals surface area contributed by atoms with E-state index in [0.29, 0.717) is 22.7 Å². The van der Waals surface area contributed by atoms with Crippen LogP contribution in [0.5, 0.6) is 0 Å². The highest BCUT2D eigenvalue weighted by Crippen LogP contribution is 2.24. The van der Waals surface area contributed by atoms with Crippen molar-refractivity contribution in [3.63, 3.8) is 0 Å². The van der Waals surface area contributed by atoms with E-state index in [-0.39, 0.29) is 5.91 Å². The number of fused-ring (bicyclic) bond motifs is 1. The average Bonchev–Trinajstić information content (AvgIpc) is 2.85. The lowest BCUT2D eigenvalue weighted by Gasteiger charge is -2.33. The Hall–Kier alpha value is -2.08. The summed E-state index contributed by atoms with van der Waals surface area (Å²) in [5.74, 6) is -0.353. The standard InChI is InChI=1S/C20H27N3O3/c1-21-17-14-15(8-9-18(17)26-20(21)25)19(24)23-11-5-10-22(12-13-23)16-6-3-2-4-7-16/h8-9,14,16H,2-7,10-13H2,1H3. The van der Waals surface area contributed by atoms with Crippen LogP contribution in [-0.2, 0) is 7.05 Å². The molecule has 0 N–H and O–H groups in total. The molecule has 1 aromatic heterocycles. The predicted octanol–water partition coefficient (Wildman–Crippen LogP) is 2.61. The highest BCUT2D eigenvalue weighted by Gasteiger charge is 2.26. The zero-order valence-electron chi connectivity index (χ0n) is 15.4. The molecule has 1 saturated heterocycles. The minimum atomic E-state index is -0.400. The molecule has 6 nitrogen and oxygen atoms in total. The fourth-order valence-corrected chi connectivity index (χ4v) is 4.39. The highest BCUT2D eigenvalue weighted by molar-refractivity contribution is 5.97. The van der Waals surface area contributed by atoms with Crippen LogP contribution in [-0.4, -0.2) is 52.5 Å². The number of hydrogen-bond donors (Lipinski definition) is 0. The number of aromatic nitrogens is 1. The number of carbonyl (C=O) groups is 1. The van der Waals surface area contributed by atoms with Gasteiger partial charge in [-0.05, 0) is 37.5 Å². The number of benzene rings is 1. The van der Waals surface area contributed by atoms with Crippen LogP contribution in [0.15, 0.2) is 27.4 Å². The lowest BCUT2D eigenvalue weighted by Crippen LogP contribution is -2.40. The van der Waals surface area contributed by atoms with Crippen LogP contribution in [0.2, 0.25) is 0 Å². The van der Waals surface area contributed by atoms with Crippen LogP contribution in [0.25, 0.3) is 11.1 Å². The Morgan fingerprint density at radius 3 is 2.65 bits per heavy atom. The van der Waals surface area contributed by atoms with Gasteiger partial charge in [-0.2, -0.15) is 0 Å². The second kappa shape index (κ2) is 7.27. The number of rotatable bonds is 2. The van der Waals surface area contributed by atoms with E-state index in [0.717, 1.165) is 32.6 Å². The van der Waals surface area contributed by atoms with E-state index in [9.17, 15) is 9.59 Å². The summed E-state index contributed by atoms with van der Waals surface area (Å²) in [5.41, 5.74) is 1.81. The van der Waals surface area contributed by atoms with E-state index in [1.165, 1.54) is 36.7 Å². The molecule has 26 heavy (non-hydrogen) atoms. The van der Waals surface area contributed by atoms with Crippen molar-refractivity contribution in [2.45, 2.75) is 44.6 Å². The summed E-state index contributed by atoms with van der Waals surface area (Å²) in [6.45, 7) is 3.62. The van der Waals surface area contributed by atoms with Crippen molar-refractivity contribution < 1.29 is 9.21 Å². The molecule has 1 aliphatic heterocycles. The van der Waals surface area contributed by atoms with Crippen molar-refractivity contribution in [3.8, 4) is 0 Å². The van der Waals surface area contributed by atoms with Crippen molar-refractivity contribution in [2.75, 3.05) is 26.2 Å². The Balaban J connectivity index is 1.48. The van der Waals surface area contributed by atoms with Crippen molar-refractivity contribution >= 4 is 17.0 Å². The molecule has 1 aliphatic carbocycles. The number of amides is 1. The minimum Gasteiger partial charge on any atom is -0.408 e. The molecule has 0 spiro atoms. The summed E-state index contributed by atoms with van der Waals surface area (Å²) in [6.07, 6.45) is 7.68. The molecule has 6 heteroatoms. The number of oxazole rings is 1. The molecule has 0 unspecified atom stereocenters. The van der Waals surface area contributed by atoms with Gasteiger partial charge in [0.05, 0.1) is 5.52 Å². The van der Waals surface area contributed by atoms with Gasteiger partial charge in [0.2, 0.25) is 0 Å². The first-order chi connectivity index (χ1) is 12.6. The van der Waals surface area contributed by atoms with Crippen LogP contribution in [0, 0.1) is 0 Å². The van der Waals surface area contributed by atoms with Gasteiger partial charge in [0, 0.05) is 44.8 Å². The van der Waals surface area contributed by atoms with Crippen molar-refractivity contribution in [3.05, 3.63) is 34.3 Å². The van der Waals surface area contributed by atoms with Crippen LogP contribution >= 0.6 is 0 Å². The van der Waals surface area contributed by atoms with Crippen molar-refractivity contribution in [1.82, 2.24) is 14.4 Å². The maximum absolute atomic E-state index is 13.0. The molecular weight excluding hydrogens is 330 g/mol. The van der Waals surface area contributed by atoms with E-state index < -0.39 is 5.76 Å². The summed E-state index contributed by atoms with van der Waals surface area (Å²) in [4.78, 5) is 29.2. The lowest BCUT2D eigenvalue weighted by molar-refractivity contribution is 0.0755. The zero-order chi connectivity index (χ0) is 18.1. The zero-order valence-corrected chi connectivity index (χ0v) is 15.4. The van der Waals surface area contributed by atoms with Crippen LogP contribution < -0.4 is 5.76 Å². The molecule has 1 amide bonds. The third-order valence-electron chi connectivity index (χ3n) is 5.95. The van der Waals surface area contributed by atoms with Gasteiger partial charge < -0.3 is 9.32 Å². The third kappa shape index (κ3) is 3.30. The number of hydrogen-bond acceptors (Lipinski definition) is 4. The summed E-state index contributed by atoms with van der Waals surface area (Å²) < 4.78 is 6.60. The molecule has 1 saturated carbocycles. The largest absolute Gasteiger partial charge is 0.419 e. The Kier molecular flexibility index (Phi) is 4.85. The van der Waals surface area contributed by atoms with Crippen LogP contribution in [0.4, 0.5) is 0 Å². The van der Waals surface area contributed by atoms with E-state index >= 15 is 0 Å². The maximum atomic E-state index is 13.0.